The standard InChI is InChI=1S/C57H34N4OS/c1-3-13-35(14-4-1)36-23-25-38(26-24-36)55-58-56(60-57(59-55)40-31-46(37-15-5-2-6-16-37)54-45-19-9-12-22-52(45)63-53(54)33-40)39-27-29-44-47-34-41(28-30-50(47)62-51(44)32-39)61-48-20-10-7-17-42(48)43-18-8-11-21-49(43)61/h1-34H. The molecule has 0 amide bonds. The second kappa shape index (κ2) is 14.2. The monoisotopic (exact) mass is 822 g/mol. The van der Waals surface area contributed by atoms with E-state index in [9.17, 15) is 0 Å². The molecule has 0 saturated heterocycles. The third kappa shape index (κ3) is 5.87. The van der Waals surface area contributed by atoms with Crippen molar-refractivity contribution >= 4 is 75.3 Å². The first-order valence-electron chi connectivity index (χ1n) is 21.1. The Morgan fingerprint density at radius 2 is 0.921 bits per heavy atom. The number of nitrogens with zero attached hydrogens (tertiary/aromatic N) is 4. The lowest BCUT2D eigenvalue weighted by molar-refractivity contribution is 0.669. The molecule has 0 spiro atoms. The topological polar surface area (TPSA) is 56.7 Å². The van der Waals surface area contributed by atoms with Crippen LogP contribution in [0.25, 0.3) is 126 Å². The Hall–Kier alpha value is -8.19. The van der Waals surface area contributed by atoms with E-state index in [0.29, 0.717) is 17.5 Å². The van der Waals surface area contributed by atoms with Crippen LogP contribution in [-0.2, 0) is 0 Å². The fourth-order valence-corrected chi connectivity index (χ4v) is 10.5. The van der Waals surface area contributed by atoms with Crippen LogP contribution in [0, 0.1) is 0 Å². The van der Waals surface area contributed by atoms with E-state index in [1.165, 1.54) is 42.0 Å². The summed E-state index contributed by atoms with van der Waals surface area (Å²) in [5.41, 5.74) is 12.3. The largest absolute Gasteiger partial charge is 0.456 e. The van der Waals surface area contributed by atoms with Crippen LogP contribution in [-0.4, -0.2) is 19.5 Å². The van der Waals surface area contributed by atoms with Crippen LogP contribution in [0.2, 0.25) is 0 Å². The lowest BCUT2D eigenvalue weighted by atomic mass is 9.97. The fourth-order valence-electron chi connectivity index (χ4n) is 9.28. The Kier molecular flexibility index (Phi) is 8.01. The van der Waals surface area contributed by atoms with E-state index in [1.807, 2.05) is 6.07 Å². The van der Waals surface area contributed by atoms with Crippen molar-refractivity contribution in [3.05, 3.63) is 206 Å². The minimum atomic E-state index is 0.577. The Morgan fingerprint density at radius 1 is 0.349 bits per heavy atom. The molecule has 294 valence electrons. The normalized spacial score (nSPS) is 11.8. The number of rotatable bonds is 6. The van der Waals surface area contributed by atoms with E-state index < -0.39 is 0 Å². The number of furan rings is 1. The molecule has 0 saturated carbocycles. The van der Waals surface area contributed by atoms with E-state index >= 15 is 0 Å². The van der Waals surface area contributed by atoms with Crippen LogP contribution in [0.15, 0.2) is 211 Å². The molecular formula is C57H34N4OS. The molecule has 13 aromatic rings. The Morgan fingerprint density at radius 3 is 1.65 bits per heavy atom. The number of aromatic nitrogens is 4. The Balaban J connectivity index is 0.979. The summed E-state index contributed by atoms with van der Waals surface area (Å²) in [5, 5.41) is 7.05. The average molecular weight is 823 g/mol. The summed E-state index contributed by atoms with van der Waals surface area (Å²) in [6.45, 7) is 0. The van der Waals surface area contributed by atoms with E-state index in [4.69, 9.17) is 19.4 Å². The maximum atomic E-state index is 6.61. The quantitative estimate of drug-likeness (QED) is 0.168. The minimum absolute atomic E-state index is 0.577. The van der Waals surface area contributed by atoms with Gasteiger partial charge in [-0.25, -0.2) is 15.0 Å². The molecule has 4 heterocycles. The van der Waals surface area contributed by atoms with Gasteiger partial charge in [-0.15, -0.1) is 11.3 Å². The molecule has 4 aromatic heterocycles. The molecule has 0 aliphatic heterocycles. The van der Waals surface area contributed by atoms with Crippen molar-refractivity contribution in [1.82, 2.24) is 19.5 Å². The van der Waals surface area contributed by atoms with Crippen molar-refractivity contribution in [2.24, 2.45) is 0 Å². The van der Waals surface area contributed by atoms with Crippen LogP contribution in [0.5, 0.6) is 0 Å². The van der Waals surface area contributed by atoms with Crippen LogP contribution in [0.1, 0.15) is 0 Å². The van der Waals surface area contributed by atoms with Crippen molar-refractivity contribution in [2.45, 2.75) is 0 Å². The molecule has 0 aliphatic rings. The lowest BCUT2D eigenvalue weighted by Crippen LogP contribution is -2.00. The number of hydrogen-bond acceptors (Lipinski definition) is 5. The minimum Gasteiger partial charge on any atom is -0.456 e. The lowest BCUT2D eigenvalue weighted by Gasteiger charge is -2.11. The average Bonchev–Trinajstić information content (AvgIpc) is 4.03. The van der Waals surface area contributed by atoms with Gasteiger partial charge in [0.15, 0.2) is 17.5 Å². The molecule has 63 heavy (non-hydrogen) atoms. The Labute approximate surface area is 365 Å². The molecule has 0 atom stereocenters. The zero-order valence-electron chi connectivity index (χ0n) is 33.7. The van der Waals surface area contributed by atoms with Gasteiger partial charge in [-0.3, -0.25) is 0 Å². The maximum Gasteiger partial charge on any atom is 0.164 e. The van der Waals surface area contributed by atoms with E-state index in [2.05, 4.69) is 205 Å². The summed E-state index contributed by atoms with van der Waals surface area (Å²) in [5.74, 6) is 1.79. The Bertz CT molecular complexity index is 3850. The summed E-state index contributed by atoms with van der Waals surface area (Å²) in [7, 11) is 0. The van der Waals surface area contributed by atoms with Crippen LogP contribution in [0.3, 0.4) is 0 Å². The third-order valence-electron chi connectivity index (χ3n) is 12.3. The van der Waals surface area contributed by atoms with E-state index in [0.717, 1.165) is 66.6 Å². The second-order valence-electron chi connectivity index (χ2n) is 16.0. The summed E-state index contributed by atoms with van der Waals surface area (Å²) < 4.78 is 11.4. The highest BCUT2D eigenvalue weighted by molar-refractivity contribution is 7.26. The van der Waals surface area contributed by atoms with Gasteiger partial charge in [0, 0.05) is 64.1 Å². The van der Waals surface area contributed by atoms with Crippen molar-refractivity contribution in [3.8, 4) is 62.1 Å². The van der Waals surface area contributed by atoms with Gasteiger partial charge in [0.2, 0.25) is 0 Å². The van der Waals surface area contributed by atoms with E-state index in [1.54, 1.807) is 11.3 Å². The van der Waals surface area contributed by atoms with Crippen LogP contribution < -0.4 is 0 Å². The highest BCUT2D eigenvalue weighted by Crippen LogP contribution is 2.43. The van der Waals surface area contributed by atoms with Crippen molar-refractivity contribution in [3.63, 3.8) is 0 Å². The summed E-state index contributed by atoms with van der Waals surface area (Å²) in [6, 6.07) is 72.7. The predicted molar refractivity (Wildman–Crippen MR) is 262 cm³/mol. The van der Waals surface area contributed by atoms with Gasteiger partial charge < -0.3 is 8.98 Å². The van der Waals surface area contributed by atoms with E-state index in [-0.39, 0.29) is 0 Å². The van der Waals surface area contributed by atoms with Crippen molar-refractivity contribution in [2.75, 3.05) is 0 Å². The molecule has 0 unspecified atom stereocenters. The van der Waals surface area contributed by atoms with Crippen molar-refractivity contribution in [1.29, 1.82) is 0 Å². The first-order valence-corrected chi connectivity index (χ1v) is 21.9. The highest BCUT2D eigenvalue weighted by Gasteiger charge is 2.20. The molecule has 13 rings (SSSR count). The van der Waals surface area contributed by atoms with Gasteiger partial charge in [0.1, 0.15) is 11.2 Å². The first kappa shape index (κ1) is 35.6. The first-order chi connectivity index (χ1) is 31.2. The number of benzene rings is 9. The fraction of sp³-hybridized carbons (Fsp3) is 0. The van der Waals surface area contributed by atoms with Gasteiger partial charge in [0.25, 0.3) is 0 Å². The van der Waals surface area contributed by atoms with Crippen LogP contribution in [0.4, 0.5) is 0 Å². The van der Waals surface area contributed by atoms with Gasteiger partial charge >= 0.3 is 0 Å². The molecular weight excluding hydrogens is 789 g/mol. The molecule has 9 aromatic carbocycles. The molecule has 0 N–H and O–H groups in total. The number of fused-ring (bicyclic) bond motifs is 9. The number of hydrogen-bond donors (Lipinski definition) is 0. The summed E-state index contributed by atoms with van der Waals surface area (Å²) in [6.07, 6.45) is 0. The molecule has 0 radical (unpaired) electrons. The highest BCUT2D eigenvalue weighted by atomic mass is 32.1. The number of thiophene rings is 1. The smallest absolute Gasteiger partial charge is 0.164 e. The zero-order chi connectivity index (χ0) is 41.4. The van der Waals surface area contributed by atoms with Crippen LogP contribution >= 0.6 is 11.3 Å². The molecule has 0 aliphatic carbocycles. The SMILES string of the molecule is c1ccc(-c2ccc(-c3nc(-c4ccc5c(c4)oc4ccc(-n6c7ccccc7c7ccccc76)cc45)nc(-c4cc(-c5ccccc5)c5c(c4)sc4ccccc45)n3)cc2)cc1. The maximum absolute atomic E-state index is 6.61. The van der Waals surface area contributed by atoms with Gasteiger partial charge in [-0.2, -0.15) is 0 Å². The molecule has 0 fully saturated rings. The molecule has 0 bridgehead atoms. The van der Waals surface area contributed by atoms with Gasteiger partial charge in [0.05, 0.1) is 11.0 Å². The molecule has 5 nitrogen and oxygen atoms in total. The van der Waals surface area contributed by atoms with Crippen molar-refractivity contribution < 1.29 is 4.42 Å². The molecule has 6 heteroatoms. The second-order valence-corrected chi connectivity index (χ2v) is 17.1. The third-order valence-corrected chi connectivity index (χ3v) is 13.4. The zero-order valence-corrected chi connectivity index (χ0v) is 34.6. The van der Waals surface area contributed by atoms with Gasteiger partial charge in [-0.1, -0.05) is 146 Å². The summed E-state index contributed by atoms with van der Waals surface area (Å²) in [4.78, 5) is 15.7. The van der Waals surface area contributed by atoms with Gasteiger partial charge in [-0.05, 0) is 82.9 Å². The number of para-hydroxylation sites is 2. The summed E-state index contributed by atoms with van der Waals surface area (Å²) >= 11 is 1.80. The predicted octanol–water partition coefficient (Wildman–Crippen LogP) is 15.6.